The molecule has 26 heavy (non-hydrogen) atoms. The van der Waals surface area contributed by atoms with E-state index in [0.717, 1.165) is 5.69 Å². The molecular formula is C20H15ClN4O. The molecule has 4 rings (SSSR count). The highest BCUT2D eigenvalue weighted by atomic mass is 35.5. The number of rotatable bonds is 3. The zero-order valence-electron chi connectivity index (χ0n) is 13.7. The first-order valence-electron chi connectivity index (χ1n) is 8.02. The maximum absolute atomic E-state index is 13.2. The number of anilines is 3. The summed E-state index contributed by atoms with van der Waals surface area (Å²) in [5, 5.41) is 4.15. The van der Waals surface area contributed by atoms with E-state index in [0.29, 0.717) is 33.2 Å². The maximum Gasteiger partial charge on any atom is 0.267 e. The number of hydrogen-bond donors (Lipinski definition) is 2. The normalized spacial score (nSPS) is 10.8. The number of nitrogens with two attached hydrogens (primary N) is 1. The lowest BCUT2D eigenvalue weighted by molar-refractivity contribution is 0.974. The van der Waals surface area contributed by atoms with E-state index in [1.807, 2.05) is 42.5 Å². The SMILES string of the molecule is Nc1cccc(Nc2nc3ccc(Cl)cc3c(=O)n2-c2ccccc2)c1. The fourth-order valence-corrected chi connectivity index (χ4v) is 2.98. The van der Waals surface area contributed by atoms with Crippen molar-refractivity contribution in [2.24, 2.45) is 0 Å². The Bertz CT molecular complexity index is 1160. The molecule has 0 unspecified atom stereocenters. The van der Waals surface area contributed by atoms with Crippen molar-refractivity contribution < 1.29 is 0 Å². The highest BCUT2D eigenvalue weighted by Gasteiger charge is 2.13. The summed E-state index contributed by atoms with van der Waals surface area (Å²) in [5.74, 6) is 0.404. The second-order valence-corrected chi connectivity index (χ2v) is 6.26. The molecule has 0 atom stereocenters. The van der Waals surface area contributed by atoms with Crippen LogP contribution in [0, 0.1) is 0 Å². The summed E-state index contributed by atoms with van der Waals surface area (Å²) in [7, 11) is 0. The van der Waals surface area contributed by atoms with Gasteiger partial charge in [-0.15, -0.1) is 0 Å². The highest BCUT2D eigenvalue weighted by molar-refractivity contribution is 6.31. The maximum atomic E-state index is 13.2. The van der Waals surface area contributed by atoms with Crippen LogP contribution in [0.25, 0.3) is 16.6 Å². The van der Waals surface area contributed by atoms with Crippen LogP contribution in [0.5, 0.6) is 0 Å². The van der Waals surface area contributed by atoms with Crippen molar-refractivity contribution in [1.82, 2.24) is 9.55 Å². The fraction of sp³-hybridized carbons (Fsp3) is 0. The quantitative estimate of drug-likeness (QED) is 0.531. The minimum Gasteiger partial charge on any atom is -0.399 e. The molecule has 4 aromatic rings. The first kappa shape index (κ1) is 16.2. The van der Waals surface area contributed by atoms with Gasteiger partial charge in [0.15, 0.2) is 0 Å². The van der Waals surface area contributed by atoms with E-state index in [1.54, 1.807) is 30.3 Å². The Hall–Kier alpha value is -3.31. The first-order valence-corrected chi connectivity index (χ1v) is 8.40. The molecule has 0 saturated carbocycles. The van der Waals surface area contributed by atoms with Gasteiger partial charge in [-0.05, 0) is 48.5 Å². The molecule has 0 saturated heterocycles. The van der Waals surface area contributed by atoms with E-state index in [-0.39, 0.29) is 5.56 Å². The Morgan fingerprint density at radius 1 is 0.962 bits per heavy atom. The molecule has 0 amide bonds. The second kappa shape index (κ2) is 6.54. The number of nitrogens with one attached hydrogen (secondary N) is 1. The molecule has 0 aliphatic rings. The van der Waals surface area contributed by atoms with Crippen LogP contribution in [0.4, 0.5) is 17.3 Å². The molecule has 128 valence electrons. The summed E-state index contributed by atoms with van der Waals surface area (Å²) in [4.78, 5) is 17.8. The average Bonchev–Trinajstić information content (AvgIpc) is 2.63. The van der Waals surface area contributed by atoms with Gasteiger partial charge in [0.05, 0.1) is 16.6 Å². The minimum absolute atomic E-state index is 0.199. The number of fused-ring (bicyclic) bond motifs is 1. The molecule has 5 nitrogen and oxygen atoms in total. The van der Waals surface area contributed by atoms with Crippen LogP contribution >= 0.6 is 11.6 Å². The van der Waals surface area contributed by atoms with Crippen LogP contribution < -0.4 is 16.6 Å². The summed E-state index contributed by atoms with van der Waals surface area (Å²) in [6, 6.07) is 21.7. The largest absolute Gasteiger partial charge is 0.399 e. The highest BCUT2D eigenvalue weighted by Crippen LogP contribution is 2.22. The van der Waals surface area contributed by atoms with Crippen LogP contribution in [0.15, 0.2) is 77.6 Å². The van der Waals surface area contributed by atoms with Gasteiger partial charge >= 0.3 is 0 Å². The van der Waals surface area contributed by atoms with E-state index in [1.165, 1.54) is 4.57 Å². The van der Waals surface area contributed by atoms with Crippen molar-refractivity contribution >= 4 is 39.8 Å². The van der Waals surface area contributed by atoms with Gasteiger partial charge < -0.3 is 11.1 Å². The Morgan fingerprint density at radius 2 is 1.77 bits per heavy atom. The number of halogens is 1. The first-order chi connectivity index (χ1) is 12.6. The number of aromatic nitrogens is 2. The lowest BCUT2D eigenvalue weighted by Gasteiger charge is -2.15. The molecule has 3 N–H and O–H groups in total. The molecule has 1 heterocycles. The summed E-state index contributed by atoms with van der Waals surface area (Å²) in [5.41, 5.74) is 8.30. The van der Waals surface area contributed by atoms with Gasteiger partial charge in [0.25, 0.3) is 5.56 Å². The standard InChI is InChI=1S/C20H15ClN4O/c21-13-9-10-18-17(11-13)19(26)25(16-7-2-1-3-8-16)20(24-18)23-15-6-4-5-14(22)12-15/h1-12H,22H2,(H,23,24). The van der Waals surface area contributed by atoms with E-state index < -0.39 is 0 Å². The zero-order valence-corrected chi connectivity index (χ0v) is 14.4. The van der Waals surface area contributed by atoms with Gasteiger partial charge in [0.2, 0.25) is 5.95 Å². The Kier molecular flexibility index (Phi) is 4.07. The molecule has 0 fully saturated rings. The van der Waals surface area contributed by atoms with Crippen molar-refractivity contribution in [3.63, 3.8) is 0 Å². The lowest BCUT2D eigenvalue weighted by atomic mass is 10.2. The van der Waals surface area contributed by atoms with E-state index >= 15 is 0 Å². The second-order valence-electron chi connectivity index (χ2n) is 5.82. The zero-order chi connectivity index (χ0) is 18.1. The molecular weight excluding hydrogens is 348 g/mol. The third-order valence-electron chi connectivity index (χ3n) is 3.99. The number of nitrogens with zero attached hydrogens (tertiary/aromatic N) is 2. The van der Waals surface area contributed by atoms with Gasteiger partial charge in [-0.2, -0.15) is 0 Å². The molecule has 1 aromatic heterocycles. The van der Waals surface area contributed by atoms with Crippen molar-refractivity contribution in [3.05, 3.63) is 88.2 Å². The van der Waals surface area contributed by atoms with Crippen LogP contribution in [-0.4, -0.2) is 9.55 Å². The average molecular weight is 363 g/mol. The van der Waals surface area contributed by atoms with Crippen LogP contribution in [-0.2, 0) is 0 Å². The van der Waals surface area contributed by atoms with Gasteiger partial charge in [0.1, 0.15) is 0 Å². The van der Waals surface area contributed by atoms with Gasteiger partial charge in [-0.3, -0.25) is 4.79 Å². The number of para-hydroxylation sites is 1. The predicted octanol–water partition coefficient (Wildman–Crippen LogP) is 4.36. The Balaban J connectivity index is 1.98. The molecule has 0 bridgehead atoms. The van der Waals surface area contributed by atoms with Crippen molar-refractivity contribution in [2.45, 2.75) is 0 Å². The van der Waals surface area contributed by atoms with Gasteiger partial charge in [-0.25, -0.2) is 9.55 Å². The van der Waals surface area contributed by atoms with Crippen LogP contribution in [0.1, 0.15) is 0 Å². The summed E-state index contributed by atoms with van der Waals surface area (Å²) >= 11 is 6.07. The van der Waals surface area contributed by atoms with E-state index in [2.05, 4.69) is 10.3 Å². The third-order valence-corrected chi connectivity index (χ3v) is 4.22. The molecule has 0 radical (unpaired) electrons. The molecule has 0 aliphatic heterocycles. The van der Waals surface area contributed by atoms with Crippen LogP contribution in [0.2, 0.25) is 5.02 Å². The summed E-state index contributed by atoms with van der Waals surface area (Å²) < 4.78 is 1.53. The van der Waals surface area contributed by atoms with Gasteiger partial charge in [-0.1, -0.05) is 35.9 Å². The summed E-state index contributed by atoms with van der Waals surface area (Å²) in [6.07, 6.45) is 0. The summed E-state index contributed by atoms with van der Waals surface area (Å²) in [6.45, 7) is 0. The monoisotopic (exact) mass is 362 g/mol. The van der Waals surface area contributed by atoms with Crippen molar-refractivity contribution in [1.29, 1.82) is 0 Å². The smallest absolute Gasteiger partial charge is 0.267 e. The number of hydrogen-bond acceptors (Lipinski definition) is 4. The minimum atomic E-state index is -0.199. The Morgan fingerprint density at radius 3 is 2.54 bits per heavy atom. The predicted molar refractivity (Wildman–Crippen MR) is 106 cm³/mol. The van der Waals surface area contributed by atoms with E-state index in [9.17, 15) is 4.79 Å². The molecule has 0 aliphatic carbocycles. The van der Waals surface area contributed by atoms with E-state index in [4.69, 9.17) is 17.3 Å². The van der Waals surface area contributed by atoms with Crippen LogP contribution in [0.3, 0.4) is 0 Å². The number of benzene rings is 3. The van der Waals surface area contributed by atoms with Crippen molar-refractivity contribution in [2.75, 3.05) is 11.1 Å². The third kappa shape index (κ3) is 3.00. The molecule has 6 heteroatoms. The fourth-order valence-electron chi connectivity index (χ4n) is 2.80. The van der Waals surface area contributed by atoms with Crippen molar-refractivity contribution in [3.8, 4) is 5.69 Å². The number of nitrogen functional groups attached to an aromatic ring is 1. The Labute approximate surface area is 154 Å². The molecule has 3 aromatic carbocycles. The topological polar surface area (TPSA) is 72.9 Å². The molecule has 0 spiro atoms. The lowest BCUT2D eigenvalue weighted by Crippen LogP contribution is -2.22. The van der Waals surface area contributed by atoms with Gasteiger partial charge in [0, 0.05) is 16.4 Å².